The molecule has 0 bridgehead atoms. The maximum absolute atomic E-state index is 12.2. The van der Waals surface area contributed by atoms with Gasteiger partial charge in [-0.25, -0.2) is 0 Å². The third-order valence-corrected chi connectivity index (χ3v) is 3.32. The maximum atomic E-state index is 12.2. The lowest BCUT2D eigenvalue weighted by atomic mass is 10.2. The molecule has 0 spiro atoms. The first-order chi connectivity index (χ1) is 12.5. The van der Waals surface area contributed by atoms with Crippen LogP contribution in [0.25, 0.3) is 6.08 Å². The Balaban J connectivity index is 1.94. The summed E-state index contributed by atoms with van der Waals surface area (Å²) >= 11 is 5.82. The highest BCUT2D eigenvalue weighted by Gasteiger charge is 2.09. The van der Waals surface area contributed by atoms with E-state index in [2.05, 4.69) is 10.1 Å². The number of benzene rings is 2. The molecule has 0 heterocycles. The number of nitriles is 1. The summed E-state index contributed by atoms with van der Waals surface area (Å²) in [6.45, 7) is -3.02. The molecule has 26 heavy (non-hydrogen) atoms. The minimum Gasteiger partial charge on any atom is -0.479 e. The normalized spacial score (nSPS) is 10.6. The Hall–Kier alpha value is -3.11. The van der Waals surface area contributed by atoms with Crippen molar-refractivity contribution in [2.75, 3.05) is 11.9 Å². The van der Waals surface area contributed by atoms with Gasteiger partial charge in [0.1, 0.15) is 17.6 Å². The fourth-order valence-corrected chi connectivity index (χ4v) is 2.14. The average Bonchev–Trinajstić information content (AvgIpc) is 2.61. The number of ether oxygens (including phenoxy) is 2. The van der Waals surface area contributed by atoms with E-state index in [4.69, 9.17) is 21.6 Å². The summed E-state index contributed by atoms with van der Waals surface area (Å²) in [5.41, 5.74) is 1.09. The van der Waals surface area contributed by atoms with Crippen LogP contribution in [-0.4, -0.2) is 19.1 Å². The summed E-state index contributed by atoms with van der Waals surface area (Å²) in [5.74, 6) is -0.0452. The standard InChI is InChI=1S/C18H13ClF2N2O3/c19-15-11-13(4-7-16(15)26-18(20)21)23-17(24)8-3-12-1-5-14(6-2-12)25-10-9-22/h1-8,11,18H,10H2,(H,23,24)/b8-3+. The number of hydrogen-bond donors (Lipinski definition) is 1. The van der Waals surface area contributed by atoms with E-state index in [-0.39, 0.29) is 17.4 Å². The molecule has 0 fully saturated rings. The Labute approximate surface area is 153 Å². The second-order valence-electron chi connectivity index (χ2n) is 4.86. The Kier molecular flexibility index (Phi) is 6.94. The Morgan fingerprint density at radius 2 is 2.00 bits per heavy atom. The number of rotatable bonds is 7. The van der Waals surface area contributed by atoms with Crippen LogP contribution in [0.5, 0.6) is 11.5 Å². The lowest BCUT2D eigenvalue weighted by molar-refractivity contribution is -0.111. The number of carbonyl (C=O) groups excluding carboxylic acids is 1. The van der Waals surface area contributed by atoms with Crippen LogP contribution < -0.4 is 14.8 Å². The zero-order valence-electron chi connectivity index (χ0n) is 13.3. The molecular formula is C18H13ClF2N2O3. The van der Waals surface area contributed by atoms with Crippen LogP contribution in [0.4, 0.5) is 14.5 Å². The number of anilines is 1. The van der Waals surface area contributed by atoms with Crippen LogP contribution in [0, 0.1) is 11.3 Å². The first kappa shape index (κ1) is 19.2. The second kappa shape index (κ2) is 9.39. The van der Waals surface area contributed by atoms with Crippen LogP contribution in [0.15, 0.2) is 48.5 Å². The molecule has 1 amide bonds. The molecule has 0 atom stereocenters. The van der Waals surface area contributed by atoms with Crippen LogP contribution >= 0.6 is 11.6 Å². The third kappa shape index (κ3) is 6.07. The Bertz CT molecular complexity index is 833. The number of amides is 1. The molecule has 2 aromatic carbocycles. The molecule has 0 aliphatic carbocycles. The van der Waals surface area contributed by atoms with Gasteiger partial charge in [0.15, 0.2) is 6.61 Å². The molecule has 1 N–H and O–H groups in total. The van der Waals surface area contributed by atoms with Crippen molar-refractivity contribution in [3.8, 4) is 17.6 Å². The summed E-state index contributed by atoms with van der Waals surface area (Å²) in [7, 11) is 0. The predicted octanol–water partition coefficient (Wildman–Crippen LogP) is 4.50. The molecule has 2 rings (SSSR count). The van der Waals surface area contributed by atoms with Crippen molar-refractivity contribution in [1.29, 1.82) is 5.26 Å². The van der Waals surface area contributed by atoms with Crippen LogP contribution in [0.3, 0.4) is 0 Å². The highest BCUT2D eigenvalue weighted by atomic mass is 35.5. The van der Waals surface area contributed by atoms with Gasteiger partial charge in [-0.15, -0.1) is 0 Å². The number of alkyl halides is 2. The lowest BCUT2D eigenvalue weighted by Crippen LogP contribution is -2.08. The topological polar surface area (TPSA) is 71.3 Å². The second-order valence-corrected chi connectivity index (χ2v) is 5.27. The maximum Gasteiger partial charge on any atom is 0.387 e. The SMILES string of the molecule is N#CCOc1ccc(/C=C/C(=O)Nc2ccc(OC(F)F)c(Cl)c2)cc1. The van der Waals surface area contributed by atoms with Crippen LogP contribution in [-0.2, 0) is 4.79 Å². The van der Waals surface area contributed by atoms with Crippen molar-refractivity contribution in [1.82, 2.24) is 0 Å². The van der Waals surface area contributed by atoms with Gasteiger partial charge < -0.3 is 14.8 Å². The van der Waals surface area contributed by atoms with Crippen molar-refractivity contribution in [3.63, 3.8) is 0 Å². The van der Waals surface area contributed by atoms with Gasteiger partial charge in [0.2, 0.25) is 5.91 Å². The van der Waals surface area contributed by atoms with Gasteiger partial charge in [-0.2, -0.15) is 14.0 Å². The zero-order chi connectivity index (χ0) is 18.9. The Morgan fingerprint density at radius 1 is 1.27 bits per heavy atom. The van der Waals surface area contributed by atoms with Gasteiger partial charge in [-0.3, -0.25) is 4.79 Å². The molecule has 2 aromatic rings. The van der Waals surface area contributed by atoms with Crippen molar-refractivity contribution in [2.45, 2.75) is 6.61 Å². The molecule has 5 nitrogen and oxygen atoms in total. The van der Waals surface area contributed by atoms with E-state index in [9.17, 15) is 13.6 Å². The summed E-state index contributed by atoms with van der Waals surface area (Å²) in [6, 6.07) is 12.6. The number of nitrogens with one attached hydrogen (secondary N) is 1. The molecule has 0 unspecified atom stereocenters. The van der Waals surface area contributed by atoms with E-state index in [0.717, 1.165) is 5.56 Å². The fourth-order valence-electron chi connectivity index (χ4n) is 1.92. The zero-order valence-corrected chi connectivity index (χ0v) is 14.0. The van der Waals surface area contributed by atoms with E-state index >= 15 is 0 Å². The number of nitrogens with zero attached hydrogens (tertiary/aromatic N) is 1. The molecule has 0 aliphatic heterocycles. The van der Waals surface area contributed by atoms with E-state index in [1.165, 1.54) is 24.3 Å². The van der Waals surface area contributed by atoms with Crippen molar-refractivity contribution in [2.24, 2.45) is 0 Å². The number of carbonyl (C=O) groups is 1. The molecule has 0 aliphatic rings. The van der Waals surface area contributed by atoms with Gasteiger partial charge in [0, 0.05) is 11.8 Å². The summed E-state index contributed by atoms with van der Waals surface area (Å²) in [5, 5.41) is 11.0. The lowest BCUT2D eigenvalue weighted by Gasteiger charge is -2.08. The first-order valence-electron chi connectivity index (χ1n) is 7.31. The van der Waals surface area contributed by atoms with Gasteiger partial charge >= 0.3 is 6.61 Å². The van der Waals surface area contributed by atoms with Gasteiger partial charge in [-0.05, 0) is 42.0 Å². The van der Waals surface area contributed by atoms with Gasteiger partial charge in [0.05, 0.1) is 5.02 Å². The van der Waals surface area contributed by atoms with E-state index in [0.29, 0.717) is 11.4 Å². The summed E-state index contributed by atoms with van der Waals surface area (Å²) in [4.78, 5) is 11.9. The molecule has 0 saturated carbocycles. The van der Waals surface area contributed by atoms with E-state index in [1.807, 2.05) is 6.07 Å². The molecule has 134 valence electrons. The highest BCUT2D eigenvalue weighted by molar-refractivity contribution is 6.32. The predicted molar refractivity (Wildman–Crippen MR) is 93.3 cm³/mol. The minimum atomic E-state index is -2.98. The van der Waals surface area contributed by atoms with Crippen molar-refractivity contribution < 1.29 is 23.0 Å². The third-order valence-electron chi connectivity index (χ3n) is 3.03. The number of hydrogen-bond acceptors (Lipinski definition) is 4. The monoisotopic (exact) mass is 378 g/mol. The van der Waals surface area contributed by atoms with Gasteiger partial charge in [-0.1, -0.05) is 23.7 Å². The smallest absolute Gasteiger partial charge is 0.387 e. The van der Waals surface area contributed by atoms with Crippen molar-refractivity contribution in [3.05, 3.63) is 59.1 Å². The molecule has 0 aromatic heterocycles. The summed E-state index contributed by atoms with van der Waals surface area (Å²) in [6.07, 6.45) is 2.89. The molecule has 8 heteroatoms. The van der Waals surface area contributed by atoms with Crippen LogP contribution in [0.2, 0.25) is 5.02 Å². The number of halogens is 3. The minimum absolute atomic E-state index is 0.0404. The highest BCUT2D eigenvalue weighted by Crippen LogP contribution is 2.28. The van der Waals surface area contributed by atoms with Crippen molar-refractivity contribution >= 4 is 29.3 Å². The van der Waals surface area contributed by atoms with Gasteiger partial charge in [0.25, 0.3) is 0 Å². The largest absolute Gasteiger partial charge is 0.479 e. The first-order valence-corrected chi connectivity index (χ1v) is 7.69. The molecule has 0 radical (unpaired) electrons. The quantitative estimate of drug-likeness (QED) is 0.720. The van der Waals surface area contributed by atoms with E-state index < -0.39 is 12.5 Å². The average molecular weight is 379 g/mol. The van der Waals surface area contributed by atoms with E-state index in [1.54, 1.807) is 30.3 Å². The summed E-state index contributed by atoms with van der Waals surface area (Å²) < 4.78 is 33.7. The Morgan fingerprint density at radius 3 is 2.62 bits per heavy atom. The molecule has 0 saturated heterocycles. The fraction of sp³-hybridized carbons (Fsp3) is 0.111. The molecular weight excluding hydrogens is 366 g/mol. The van der Waals surface area contributed by atoms with Crippen LogP contribution in [0.1, 0.15) is 5.56 Å².